The van der Waals surface area contributed by atoms with Crippen molar-refractivity contribution in [2.45, 2.75) is 45.0 Å². The molecule has 0 saturated carbocycles. The van der Waals surface area contributed by atoms with Crippen molar-refractivity contribution in [3.63, 3.8) is 0 Å². The van der Waals surface area contributed by atoms with Gasteiger partial charge in [-0.2, -0.15) is 0 Å². The summed E-state index contributed by atoms with van der Waals surface area (Å²) in [7, 11) is 0. The SMILES string of the molecule is CC1COC(C(C)(C)O)C(O)C1. The first-order valence-corrected chi connectivity index (χ1v) is 4.43. The van der Waals surface area contributed by atoms with Gasteiger partial charge in [0.2, 0.25) is 0 Å². The maximum atomic E-state index is 9.61. The lowest BCUT2D eigenvalue weighted by molar-refractivity contribution is -0.172. The van der Waals surface area contributed by atoms with Crippen molar-refractivity contribution < 1.29 is 14.9 Å². The van der Waals surface area contributed by atoms with Crippen LogP contribution in [0.25, 0.3) is 0 Å². The first-order valence-electron chi connectivity index (χ1n) is 4.43. The molecule has 1 rings (SSSR count). The van der Waals surface area contributed by atoms with Gasteiger partial charge >= 0.3 is 0 Å². The Morgan fingerprint density at radius 2 is 2.00 bits per heavy atom. The van der Waals surface area contributed by atoms with Crippen LogP contribution in [0, 0.1) is 5.92 Å². The molecule has 0 aromatic carbocycles. The predicted octanol–water partition coefficient (Wildman–Crippen LogP) is 0.543. The molecule has 3 unspecified atom stereocenters. The van der Waals surface area contributed by atoms with Crippen LogP contribution in [0.1, 0.15) is 27.2 Å². The van der Waals surface area contributed by atoms with E-state index in [2.05, 4.69) is 0 Å². The Morgan fingerprint density at radius 3 is 2.42 bits per heavy atom. The number of hydrogen-bond acceptors (Lipinski definition) is 3. The van der Waals surface area contributed by atoms with E-state index < -0.39 is 17.8 Å². The maximum absolute atomic E-state index is 9.61. The van der Waals surface area contributed by atoms with Crippen LogP contribution in [0.5, 0.6) is 0 Å². The van der Waals surface area contributed by atoms with Gasteiger partial charge in [0.25, 0.3) is 0 Å². The van der Waals surface area contributed by atoms with E-state index in [1.807, 2.05) is 6.92 Å². The van der Waals surface area contributed by atoms with Gasteiger partial charge < -0.3 is 14.9 Å². The lowest BCUT2D eigenvalue weighted by Crippen LogP contribution is -2.50. The highest BCUT2D eigenvalue weighted by Gasteiger charge is 2.37. The zero-order valence-electron chi connectivity index (χ0n) is 7.95. The Labute approximate surface area is 73.4 Å². The summed E-state index contributed by atoms with van der Waals surface area (Å²) in [4.78, 5) is 0. The topological polar surface area (TPSA) is 49.7 Å². The first kappa shape index (κ1) is 9.96. The van der Waals surface area contributed by atoms with E-state index in [0.29, 0.717) is 18.9 Å². The number of hydrogen-bond donors (Lipinski definition) is 2. The predicted molar refractivity (Wildman–Crippen MR) is 45.8 cm³/mol. The molecule has 0 radical (unpaired) electrons. The second-order valence-corrected chi connectivity index (χ2v) is 4.32. The first-order chi connectivity index (χ1) is 5.41. The highest BCUT2D eigenvalue weighted by atomic mass is 16.5. The lowest BCUT2D eigenvalue weighted by Gasteiger charge is -2.38. The summed E-state index contributed by atoms with van der Waals surface area (Å²) in [5, 5.41) is 19.2. The van der Waals surface area contributed by atoms with Crippen molar-refractivity contribution >= 4 is 0 Å². The van der Waals surface area contributed by atoms with Crippen molar-refractivity contribution in [2.75, 3.05) is 6.61 Å². The van der Waals surface area contributed by atoms with E-state index >= 15 is 0 Å². The standard InChI is InChI=1S/C9H18O3/c1-6-4-7(10)8(12-5-6)9(2,3)11/h6-8,10-11H,4-5H2,1-3H3. The average molecular weight is 174 g/mol. The molecule has 12 heavy (non-hydrogen) atoms. The van der Waals surface area contributed by atoms with Crippen LogP contribution in [-0.2, 0) is 4.74 Å². The lowest BCUT2D eigenvalue weighted by atomic mass is 9.89. The molecule has 1 heterocycles. The smallest absolute Gasteiger partial charge is 0.111 e. The van der Waals surface area contributed by atoms with Crippen LogP contribution in [0.4, 0.5) is 0 Å². The molecule has 1 aliphatic rings. The van der Waals surface area contributed by atoms with Gasteiger partial charge in [0.05, 0.1) is 11.7 Å². The summed E-state index contributed by atoms with van der Waals surface area (Å²) >= 11 is 0. The molecule has 2 N–H and O–H groups in total. The Balaban J connectivity index is 2.57. The van der Waals surface area contributed by atoms with E-state index in [-0.39, 0.29) is 0 Å². The quantitative estimate of drug-likeness (QED) is 0.610. The minimum atomic E-state index is -0.945. The summed E-state index contributed by atoms with van der Waals surface area (Å²) in [6, 6.07) is 0. The van der Waals surface area contributed by atoms with Gasteiger partial charge in [0, 0.05) is 6.61 Å². The largest absolute Gasteiger partial charge is 0.390 e. The summed E-state index contributed by atoms with van der Waals surface area (Å²) in [5.74, 6) is 0.388. The van der Waals surface area contributed by atoms with Crippen LogP contribution in [0.2, 0.25) is 0 Å². The molecule has 3 heteroatoms. The monoisotopic (exact) mass is 174 g/mol. The third-order valence-electron chi connectivity index (χ3n) is 2.25. The molecule has 0 aromatic heterocycles. The minimum Gasteiger partial charge on any atom is -0.390 e. The van der Waals surface area contributed by atoms with Gasteiger partial charge in [-0.25, -0.2) is 0 Å². The third kappa shape index (κ3) is 2.19. The number of rotatable bonds is 1. The van der Waals surface area contributed by atoms with Gasteiger partial charge in [0.1, 0.15) is 6.10 Å². The zero-order chi connectivity index (χ0) is 9.35. The Hall–Kier alpha value is -0.120. The number of aliphatic hydroxyl groups is 2. The van der Waals surface area contributed by atoms with E-state index in [0.717, 1.165) is 0 Å². The van der Waals surface area contributed by atoms with Crippen molar-refractivity contribution in [1.29, 1.82) is 0 Å². The summed E-state index contributed by atoms with van der Waals surface area (Å²) in [5.41, 5.74) is -0.945. The van der Waals surface area contributed by atoms with E-state index in [9.17, 15) is 10.2 Å². The normalized spacial score (nSPS) is 38.2. The molecular weight excluding hydrogens is 156 g/mol. The molecule has 0 bridgehead atoms. The molecule has 1 saturated heterocycles. The number of aliphatic hydroxyl groups excluding tert-OH is 1. The highest BCUT2D eigenvalue weighted by Crippen LogP contribution is 2.26. The second-order valence-electron chi connectivity index (χ2n) is 4.32. The number of ether oxygens (including phenoxy) is 1. The molecule has 3 nitrogen and oxygen atoms in total. The summed E-state index contributed by atoms with van der Waals surface area (Å²) in [6.07, 6.45) is -0.253. The summed E-state index contributed by atoms with van der Waals surface area (Å²) in [6.45, 7) is 5.99. The van der Waals surface area contributed by atoms with Gasteiger partial charge in [-0.05, 0) is 26.2 Å². The molecule has 1 aliphatic heterocycles. The molecular formula is C9H18O3. The molecule has 0 spiro atoms. The molecule has 3 atom stereocenters. The van der Waals surface area contributed by atoms with Crippen LogP contribution in [0.15, 0.2) is 0 Å². The van der Waals surface area contributed by atoms with Gasteiger partial charge in [-0.15, -0.1) is 0 Å². The van der Waals surface area contributed by atoms with Crippen molar-refractivity contribution in [3.05, 3.63) is 0 Å². The van der Waals surface area contributed by atoms with E-state index in [4.69, 9.17) is 4.74 Å². The van der Waals surface area contributed by atoms with E-state index in [1.54, 1.807) is 13.8 Å². The van der Waals surface area contributed by atoms with Crippen LogP contribution in [0.3, 0.4) is 0 Å². The van der Waals surface area contributed by atoms with E-state index in [1.165, 1.54) is 0 Å². The Morgan fingerprint density at radius 1 is 1.42 bits per heavy atom. The van der Waals surface area contributed by atoms with Crippen molar-refractivity contribution in [1.82, 2.24) is 0 Å². The maximum Gasteiger partial charge on any atom is 0.111 e. The molecule has 1 fully saturated rings. The average Bonchev–Trinajstić information content (AvgIpc) is 1.83. The third-order valence-corrected chi connectivity index (χ3v) is 2.25. The minimum absolute atomic E-state index is 0.388. The molecule has 0 amide bonds. The second kappa shape index (κ2) is 3.32. The van der Waals surface area contributed by atoms with Gasteiger partial charge in [-0.3, -0.25) is 0 Å². The van der Waals surface area contributed by atoms with Crippen LogP contribution in [-0.4, -0.2) is 34.6 Å². The van der Waals surface area contributed by atoms with Gasteiger partial charge in [0.15, 0.2) is 0 Å². The zero-order valence-corrected chi connectivity index (χ0v) is 7.95. The fourth-order valence-electron chi connectivity index (χ4n) is 1.66. The molecule has 72 valence electrons. The van der Waals surface area contributed by atoms with Crippen LogP contribution < -0.4 is 0 Å². The fraction of sp³-hybridized carbons (Fsp3) is 1.00. The molecule has 0 aliphatic carbocycles. The Kier molecular flexibility index (Phi) is 2.76. The van der Waals surface area contributed by atoms with Gasteiger partial charge in [-0.1, -0.05) is 6.92 Å². The molecule has 0 aromatic rings. The van der Waals surface area contributed by atoms with Crippen molar-refractivity contribution in [2.24, 2.45) is 5.92 Å². The summed E-state index contributed by atoms with van der Waals surface area (Å²) < 4.78 is 5.37. The van der Waals surface area contributed by atoms with Crippen molar-refractivity contribution in [3.8, 4) is 0 Å². The fourth-order valence-corrected chi connectivity index (χ4v) is 1.66. The highest BCUT2D eigenvalue weighted by molar-refractivity contribution is 4.88. The Bertz CT molecular complexity index is 150. The van der Waals surface area contributed by atoms with Crippen LogP contribution >= 0.6 is 0 Å².